The van der Waals surface area contributed by atoms with Crippen molar-refractivity contribution in [2.45, 2.75) is 44.5 Å². The van der Waals surface area contributed by atoms with Gasteiger partial charge in [-0.25, -0.2) is 8.91 Å². The van der Waals surface area contributed by atoms with Gasteiger partial charge in [-0.05, 0) is 69.8 Å². The summed E-state index contributed by atoms with van der Waals surface area (Å²) in [7, 11) is 2.15. The number of nitriles is 1. The van der Waals surface area contributed by atoms with E-state index in [0.717, 1.165) is 37.1 Å². The maximum absolute atomic E-state index is 14.3. The summed E-state index contributed by atoms with van der Waals surface area (Å²) < 4.78 is 16.0. The molecule has 3 atom stereocenters. The molecule has 37 heavy (non-hydrogen) atoms. The number of carbonyl (C=O) groups excluding carboxylic acids is 1. The van der Waals surface area contributed by atoms with Gasteiger partial charge in [0, 0.05) is 25.3 Å². The fraction of sp³-hybridized carbons (Fsp3) is 0.481. The van der Waals surface area contributed by atoms with E-state index in [0.29, 0.717) is 34.3 Å². The highest BCUT2D eigenvalue weighted by atomic mass is 19.1. The third kappa shape index (κ3) is 5.15. The number of aromatic nitrogens is 3. The van der Waals surface area contributed by atoms with Crippen LogP contribution >= 0.6 is 0 Å². The zero-order valence-corrected chi connectivity index (χ0v) is 21.3. The quantitative estimate of drug-likeness (QED) is 0.452. The van der Waals surface area contributed by atoms with Gasteiger partial charge in [0.25, 0.3) is 5.91 Å². The van der Waals surface area contributed by atoms with Gasteiger partial charge in [-0.2, -0.15) is 10.4 Å². The Labute approximate surface area is 215 Å². The molecule has 1 amide bonds. The van der Waals surface area contributed by atoms with Crippen LogP contribution in [0.15, 0.2) is 36.7 Å². The summed E-state index contributed by atoms with van der Waals surface area (Å²) in [5, 5.41) is 29.6. The molecule has 1 saturated heterocycles. The number of hydrogen-bond donors (Lipinski definition) is 3. The minimum absolute atomic E-state index is 0.219. The highest BCUT2D eigenvalue weighted by Crippen LogP contribution is 2.39. The van der Waals surface area contributed by atoms with Crippen molar-refractivity contribution in [3.63, 3.8) is 0 Å². The van der Waals surface area contributed by atoms with E-state index in [-0.39, 0.29) is 12.6 Å². The lowest BCUT2D eigenvalue weighted by Gasteiger charge is -2.23. The second kappa shape index (κ2) is 9.72. The number of anilines is 1. The Bertz CT molecular complexity index is 1350. The van der Waals surface area contributed by atoms with Crippen LogP contribution < -0.4 is 10.6 Å². The molecule has 0 bridgehead atoms. The van der Waals surface area contributed by atoms with Crippen molar-refractivity contribution < 1.29 is 14.3 Å². The SMILES string of the molecule is CN1CC2CC(Nc3cc(-c4ccc5cc(C#N)cnn45)ncc3C(=O)NC[C@@H](F)C(C)(C)O)CC2C1. The van der Waals surface area contributed by atoms with Gasteiger partial charge >= 0.3 is 0 Å². The van der Waals surface area contributed by atoms with Gasteiger partial charge in [0.2, 0.25) is 0 Å². The van der Waals surface area contributed by atoms with Gasteiger partial charge < -0.3 is 20.6 Å². The monoisotopic (exact) mass is 505 g/mol. The number of aliphatic hydroxyl groups is 1. The van der Waals surface area contributed by atoms with Crippen LogP contribution in [0.3, 0.4) is 0 Å². The lowest BCUT2D eigenvalue weighted by Crippen LogP contribution is -2.42. The first-order chi connectivity index (χ1) is 17.6. The zero-order chi connectivity index (χ0) is 26.3. The van der Waals surface area contributed by atoms with Crippen LogP contribution in [0.5, 0.6) is 0 Å². The van der Waals surface area contributed by atoms with E-state index in [1.54, 1.807) is 10.6 Å². The fourth-order valence-corrected chi connectivity index (χ4v) is 5.55. The van der Waals surface area contributed by atoms with Gasteiger partial charge in [-0.15, -0.1) is 0 Å². The van der Waals surface area contributed by atoms with Crippen molar-refractivity contribution in [3.05, 3.63) is 47.8 Å². The second-order valence-corrected chi connectivity index (χ2v) is 10.9. The molecule has 5 rings (SSSR count). The van der Waals surface area contributed by atoms with Crippen LogP contribution in [0, 0.1) is 23.2 Å². The van der Waals surface area contributed by atoms with E-state index in [2.05, 4.69) is 38.7 Å². The van der Waals surface area contributed by atoms with E-state index in [4.69, 9.17) is 0 Å². The summed E-state index contributed by atoms with van der Waals surface area (Å²) in [6.07, 6.45) is 3.43. The largest absolute Gasteiger partial charge is 0.387 e. The van der Waals surface area contributed by atoms with Crippen molar-refractivity contribution in [2.24, 2.45) is 11.8 Å². The first-order valence-corrected chi connectivity index (χ1v) is 12.6. The predicted octanol–water partition coefficient (Wildman–Crippen LogP) is 2.86. The van der Waals surface area contributed by atoms with Crippen molar-refractivity contribution >= 4 is 17.1 Å². The van der Waals surface area contributed by atoms with Gasteiger partial charge in [-0.1, -0.05) is 0 Å². The third-order valence-corrected chi connectivity index (χ3v) is 7.54. The lowest BCUT2D eigenvalue weighted by atomic mass is 10.0. The Hall–Kier alpha value is -3.55. The summed E-state index contributed by atoms with van der Waals surface area (Å²) in [5.74, 6) is 0.810. The summed E-state index contributed by atoms with van der Waals surface area (Å²) >= 11 is 0. The Balaban J connectivity index is 1.44. The Morgan fingerprint density at radius 2 is 2.00 bits per heavy atom. The number of amides is 1. The molecule has 10 heteroatoms. The first kappa shape index (κ1) is 25.1. The molecule has 0 aromatic carbocycles. The van der Waals surface area contributed by atoms with Gasteiger partial charge in [0.05, 0.1) is 52.1 Å². The summed E-state index contributed by atoms with van der Waals surface area (Å²) in [4.78, 5) is 20.0. The van der Waals surface area contributed by atoms with Crippen molar-refractivity contribution in [2.75, 3.05) is 32.0 Å². The number of rotatable bonds is 7. The molecule has 2 aliphatic rings. The van der Waals surface area contributed by atoms with Gasteiger partial charge in [-0.3, -0.25) is 9.78 Å². The fourth-order valence-electron chi connectivity index (χ4n) is 5.55. The minimum Gasteiger partial charge on any atom is -0.387 e. The van der Waals surface area contributed by atoms with Gasteiger partial charge in [0.15, 0.2) is 0 Å². The highest BCUT2D eigenvalue weighted by Gasteiger charge is 2.40. The lowest BCUT2D eigenvalue weighted by molar-refractivity contribution is -0.00177. The molecule has 194 valence electrons. The molecule has 2 fully saturated rings. The summed E-state index contributed by atoms with van der Waals surface area (Å²) in [6.45, 7) is 4.60. The average Bonchev–Trinajstić information content (AvgIpc) is 3.53. The van der Waals surface area contributed by atoms with Crippen LogP contribution in [0.25, 0.3) is 16.9 Å². The number of pyridine rings is 1. The predicted molar refractivity (Wildman–Crippen MR) is 138 cm³/mol. The van der Waals surface area contributed by atoms with E-state index in [1.807, 2.05) is 18.2 Å². The van der Waals surface area contributed by atoms with E-state index < -0.39 is 17.7 Å². The molecule has 1 aliphatic heterocycles. The number of carbonyl (C=O) groups is 1. The molecule has 3 N–H and O–H groups in total. The zero-order valence-electron chi connectivity index (χ0n) is 21.3. The number of nitrogens with zero attached hydrogens (tertiary/aromatic N) is 5. The molecule has 9 nitrogen and oxygen atoms in total. The Morgan fingerprint density at radius 3 is 2.68 bits per heavy atom. The normalized spacial score (nSPS) is 22.5. The third-order valence-electron chi connectivity index (χ3n) is 7.54. The standard InChI is InChI=1S/C27H32FN7O2/c1-27(2,37)25(28)13-31-26(36)21-12-30-23(24-5-4-20-6-16(10-29)11-32-35(20)24)9-22(21)33-19-7-17-14-34(3)15-18(17)8-19/h4-6,9,11-12,17-19,25,37H,7-8,13-15H2,1-3H3,(H,30,33)(H,31,36)/t17?,18?,19?,25-/m1/s1. The van der Waals surface area contributed by atoms with E-state index >= 15 is 0 Å². The molecular formula is C27H32FN7O2. The van der Waals surface area contributed by atoms with Crippen molar-refractivity contribution in [3.8, 4) is 17.5 Å². The van der Waals surface area contributed by atoms with Crippen LogP contribution in [0.4, 0.5) is 10.1 Å². The van der Waals surface area contributed by atoms with Crippen LogP contribution in [0.2, 0.25) is 0 Å². The van der Waals surface area contributed by atoms with Crippen LogP contribution in [-0.4, -0.2) is 75.0 Å². The topological polar surface area (TPSA) is 119 Å². The van der Waals surface area contributed by atoms with Crippen LogP contribution in [-0.2, 0) is 0 Å². The Kier molecular flexibility index (Phi) is 6.60. The molecule has 1 saturated carbocycles. The smallest absolute Gasteiger partial charge is 0.255 e. The van der Waals surface area contributed by atoms with E-state index in [9.17, 15) is 19.6 Å². The number of halogens is 1. The maximum Gasteiger partial charge on any atom is 0.255 e. The number of hydrogen-bond acceptors (Lipinski definition) is 7. The molecule has 1 aliphatic carbocycles. The van der Waals surface area contributed by atoms with E-state index in [1.165, 1.54) is 26.2 Å². The second-order valence-electron chi connectivity index (χ2n) is 10.9. The summed E-state index contributed by atoms with van der Waals surface area (Å²) in [5.41, 5.74) is 1.97. The molecule has 2 unspecified atom stereocenters. The maximum atomic E-state index is 14.3. The van der Waals surface area contributed by atoms with Crippen LogP contribution in [0.1, 0.15) is 42.6 Å². The van der Waals surface area contributed by atoms with Crippen molar-refractivity contribution in [1.29, 1.82) is 5.26 Å². The molecule has 3 aromatic heterocycles. The number of likely N-dealkylation sites (tertiary alicyclic amines) is 1. The average molecular weight is 506 g/mol. The summed E-state index contributed by atoms with van der Waals surface area (Å²) in [6, 6.07) is 9.64. The molecule has 3 aromatic rings. The minimum atomic E-state index is -1.61. The van der Waals surface area contributed by atoms with Crippen molar-refractivity contribution in [1.82, 2.24) is 24.8 Å². The number of alkyl halides is 1. The molecule has 0 radical (unpaired) electrons. The number of fused-ring (bicyclic) bond motifs is 2. The number of nitrogens with one attached hydrogen (secondary N) is 2. The van der Waals surface area contributed by atoms with Gasteiger partial charge in [0.1, 0.15) is 12.2 Å². The first-order valence-electron chi connectivity index (χ1n) is 12.6. The molecular weight excluding hydrogens is 473 g/mol. The molecule has 0 spiro atoms. The highest BCUT2D eigenvalue weighted by molar-refractivity contribution is 6.00. The Morgan fingerprint density at radius 1 is 1.27 bits per heavy atom. The molecule has 4 heterocycles.